The van der Waals surface area contributed by atoms with Gasteiger partial charge in [0, 0.05) is 18.1 Å². The average Bonchev–Trinajstić information content (AvgIpc) is 2.52. The van der Waals surface area contributed by atoms with Crippen molar-refractivity contribution in [3.63, 3.8) is 0 Å². The van der Waals surface area contributed by atoms with Crippen LogP contribution in [0.3, 0.4) is 0 Å². The highest BCUT2D eigenvalue weighted by atomic mass is 16.5. The molecule has 2 nitrogen and oxygen atoms in total. The Morgan fingerprint density at radius 2 is 2.13 bits per heavy atom. The van der Waals surface area contributed by atoms with E-state index in [0.29, 0.717) is 0 Å². The van der Waals surface area contributed by atoms with Gasteiger partial charge in [0.1, 0.15) is 6.10 Å². The molecule has 3 rings (SSSR count). The molecule has 0 spiro atoms. The second kappa shape index (κ2) is 3.09. The second-order valence-electron chi connectivity index (χ2n) is 3.75. The van der Waals surface area contributed by atoms with E-state index in [1.165, 1.54) is 0 Å². The van der Waals surface area contributed by atoms with Crippen LogP contribution in [-0.4, -0.2) is 12.1 Å². The van der Waals surface area contributed by atoms with Crippen LogP contribution in [0.4, 0.5) is 0 Å². The number of ether oxygens (including phenoxy) is 1. The standard InChI is InChI=1S/C13H10O2/c14-13-8-11-10-6-2-1-4-9(10)5-3-7-12(11)15-13/h1-6,8,12H,7H2. The number of fused-ring (bicyclic) bond motifs is 3. The third-order valence-corrected chi connectivity index (χ3v) is 2.80. The summed E-state index contributed by atoms with van der Waals surface area (Å²) in [6, 6.07) is 8.07. The van der Waals surface area contributed by atoms with Crippen LogP contribution in [0.1, 0.15) is 17.5 Å². The molecule has 1 aliphatic carbocycles. The van der Waals surface area contributed by atoms with Crippen molar-refractivity contribution in [1.82, 2.24) is 0 Å². The first-order valence-corrected chi connectivity index (χ1v) is 5.03. The van der Waals surface area contributed by atoms with Gasteiger partial charge in [0.05, 0.1) is 0 Å². The van der Waals surface area contributed by atoms with Gasteiger partial charge in [0.25, 0.3) is 0 Å². The molecule has 1 heterocycles. The van der Waals surface area contributed by atoms with Crippen molar-refractivity contribution >= 4 is 17.6 Å². The van der Waals surface area contributed by atoms with Crippen molar-refractivity contribution in [3.05, 3.63) is 47.5 Å². The maximum Gasteiger partial charge on any atom is 0.331 e. The highest BCUT2D eigenvalue weighted by molar-refractivity contribution is 5.98. The number of hydrogen-bond donors (Lipinski definition) is 0. The van der Waals surface area contributed by atoms with Crippen molar-refractivity contribution in [2.75, 3.05) is 0 Å². The third kappa shape index (κ3) is 1.30. The maximum atomic E-state index is 11.2. The largest absolute Gasteiger partial charge is 0.454 e. The van der Waals surface area contributed by atoms with Gasteiger partial charge < -0.3 is 4.74 Å². The minimum atomic E-state index is -0.222. The van der Waals surface area contributed by atoms with Crippen molar-refractivity contribution in [2.24, 2.45) is 0 Å². The molecule has 15 heavy (non-hydrogen) atoms. The molecule has 0 aromatic heterocycles. The summed E-state index contributed by atoms with van der Waals surface area (Å²) in [4.78, 5) is 11.2. The number of rotatable bonds is 0. The Labute approximate surface area is 87.9 Å². The Hall–Kier alpha value is -1.83. The molecule has 0 radical (unpaired) electrons. The molecule has 2 aliphatic rings. The highest BCUT2D eigenvalue weighted by Gasteiger charge is 2.28. The first-order chi connectivity index (χ1) is 7.34. The molecule has 0 saturated heterocycles. The van der Waals surface area contributed by atoms with Crippen molar-refractivity contribution in [1.29, 1.82) is 0 Å². The fourth-order valence-corrected chi connectivity index (χ4v) is 2.11. The van der Waals surface area contributed by atoms with Crippen molar-refractivity contribution in [2.45, 2.75) is 12.5 Å². The van der Waals surface area contributed by atoms with Gasteiger partial charge in [-0.2, -0.15) is 0 Å². The van der Waals surface area contributed by atoms with Crippen molar-refractivity contribution in [3.8, 4) is 0 Å². The first kappa shape index (κ1) is 8.48. The van der Waals surface area contributed by atoms with Crippen LogP contribution >= 0.6 is 0 Å². The van der Waals surface area contributed by atoms with Gasteiger partial charge in [0.2, 0.25) is 0 Å². The summed E-state index contributed by atoms with van der Waals surface area (Å²) in [6.45, 7) is 0. The normalized spacial score (nSPS) is 22.5. The van der Waals surface area contributed by atoms with Crippen LogP contribution < -0.4 is 0 Å². The summed E-state index contributed by atoms with van der Waals surface area (Å²) in [5, 5.41) is 0. The van der Waals surface area contributed by atoms with Crippen LogP contribution in [0.2, 0.25) is 0 Å². The van der Waals surface area contributed by atoms with E-state index < -0.39 is 0 Å². The minimum absolute atomic E-state index is 0.0857. The monoisotopic (exact) mass is 198 g/mol. The molecule has 0 amide bonds. The van der Waals surface area contributed by atoms with E-state index >= 15 is 0 Å². The lowest BCUT2D eigenvalue weighted by molar-refractivity contribution is -0.138. The van der Waals surface area contributed by atoms with E-state index in [0.717, 1.165) is 23.1 Å². The molecule has 0 N–H and O–H groups in total. The molecular formula is C13H10O2. The Balaban J connectivity index is 2.20. The lowest BCUT2D eigenvalue weighted by Gasteiger charge is -2.11. The van der Waals surface area contributed by atoms with E-state index in [2.05, 4.69) is 18.2 Å². The average molecular weight is 198 g/mol. The molecule has 1 aliphatic heterocycles. The van der Waals surface area contributed by atoms with E-state index in [4.69, 9.17) is 4.74 Å². The van der Waals surface area contributed by atoms with Crippen LogP contribution in [0.25, 0.3) is 11.6 Å². The van der Waals surface area contributed by atoms with Crippen LogP contribution in [-0.2, 0) is 9.53 Å². The van der Waals surface area contributed by atoms with Gasteiger partial charge in [-0.05, 0) is 11.1 Å². The molecule has 74 valence electrons. The first-order valence-electron chi connectivity index (χ1n) is 5.03. The van der Waals surface area contributed by atoms with E-state index in [-0.39, 0.29) is 12.1 Å². The summed E-state index contributed by atoms with van der Waals surface area (Å²) in [6.07, 6.45) is 6.44. The van der Waals surface area contributed by atoms with Gasteiger partial charge in [-0.1, -0.05) is 36.4 Å². The zero-order valence-corrected chi connectivity index (χ0v) is 8.14. The number of hydrogen-bond acceptors (Lipinski definition) is 2. The van der Waals surface area contributed by atoms with Crippen LogP contribution in [0.5, 0.6) is 0 Å². The van der Waals surface area contributed by atoms with Crippen LogP contribution in [0, 0.1) is 0 Å². The van der Waals surface area contributed by atoms with Crippen molar-refractivity contribution < 1.29 is 9.53 Å². The number of carbonyl (C=O) groups is 1. The zero-order valence-electron chi connectivity index (χ0n) is 8.14. The molecule has 2 heteroatoms. The highest BCUT2D eigenvalue weighted by Crippen LogP contribution is 2.33. The zero-order chi connectivity index (χ0) is 10.3. The molecular weight excluding hydrogens is 188 g/mol. The fourth-order valence-electron chi connectivity index (χ4n) is 2.11. The minimum Gasteiger partial charge on any atom is -0.454 e. The SMILES string of the molecule is O=C1C=C2c3ccccc3C=CCC2O1. The smallest absolute Gasteiger partial charge is 0.331 e. The Kier molecular flexibility index (Phi) is 1.75. The quantitative estimate of drug-likeness (QED) is 0.598. The molecule has 0 bridgehead atoms. The predicted molar refractivity (Wildman–Crippen MR) is 58.0 cm³/mol. The molecule has 0 saturated carbocycles. The van der Waals surface area contributed by atoms with Gasteiger partial charge in [-0.25, -0.2) is 4.79 Å². The Morgan fingerprint density at radius 1 is 1.27 bits per heavy atom. The van der Waals surface area contributed by atoms with Gasteiger partial charge in [-0.15, -0.1) is 0 Å². The molecule has 1 atom stereocenters. The number of carbonyl (C=O) groups excluding carboxylic acids is 1. The summed E-state index contributed by atoms with van der Waals surface area (Å²) in [5.41, 5.74) is 3.28. The second-order valence-corrected chi connectivity index (χ2v) is 3.75. The van der Waals surface area contributed by atoms with Gasteiger partial charge in [0.15, 0.2) is 0 Å². The van der Waals surface area contributed by atoms with Gasteiger partial charge in [-0.3, -0.25) is 0 Å². The maximum absolute atomic E-state index is 11.2. The molecule has 1 unspecified atom stereocenters. The Bertz CT molecular complexity index is 483. The molecule has 0 fully saturated rings. The number of esters is 1. The van der Waals surface area contributed by atoms with E-state index in [9.17, 15) is 4.79 Å². The molecule has 1 aromatic carbocycles. The number of benzene rings is 1. The Morgan fingerprint density at radius 3 is 3.07 bits per heavy atom. The topological polar surface area (TPSA) is 26.3 Å². The van der Waals surface area contributed by atoms with E-state index in [1.54, 1.807) is 6.08 Å². The molecule has 1 aromatic rings. The van der Waals surface area contributed by atoms with Crippen LogP contribution in [0.15, 0.2) is 36.4 Å². The summed E-state index contributed by atoms with van der Waals surface area (Å²) in [7, 11) is 0. The summed E-state index contributed by atoms with van der Waals surface area (Å²) >= 11 is 0. The summed E-state index contributed by atoms with van der Waals surface area (Å²) in [5.74, 6) is -0.222. The fraction of sp³-hybridized carbons (Fsp3) is 0.154. The third-order valence-electron chi connectivity index (χ3n) is 2.80. The van der Waals surface area contributed by atoms with E-state index in [1.807, 2.05) is 18.2 Å². The lowest BCUT2D eigenvalue weighted by Crippen LogP contribution is -2.09. The summed E-state index contributed by atoms with van der Waals surface area (Å²) < 4.78 is 5.22. The predicted octanol–water partition coefficient (Wildman–Crippen LogP) is 2.41. The van der Waals surface area contributed by atoms with Gasteiger partial charge >= 0.3 is 5.97 Å². The lowest BCUT2D eigenvalue weighted by atomic mass is 9.98.